The number of nitrogens with zero attached hydrogens (tertiary/aromatic N) is 3. The van der Waals surface area contributed by atoms with Gasteiger partial charge < -0.3 is 9.63 Å². The number of hydrogen-bond donors (Lipinski definition) is 1. The van der Waals surface area contributed by atoms with Crippen molar-refractivity contribution in [3.63, 3.8) is 0 Å². The molecule has 0 spiro atoms. The van der Waals surface area contributed by atoms with Gasteiger partial charge in [-0.15, -0.1) is 0 Å². The minimum Gasteiger partial charge on any atom is -0.505 e. The van der Waals surface area contributed by atoms with E-state index in [2.05, 4.69) is 10.1 Å². The van der Waals surface area contributed by atoms with Crippen LogP contribution in [0.3, 0.4) is 0 Å². The van der Waals surface area contributed by atoms with E-state index in [1.54, 1.807) is 0 Å². The molecule has 5 heteroatoms. The summed E-state index contributed by atoms with van der Waals surface area (Å²) in [5.74, 6) is 0.895. The minimum atomic E-state index is 0.0734. The summed E-state index contributed by atoms with van der Waals surface area (Å²) in [5.41, 5.74) is 1.98. The first kappa shape index (κ1) is 11.2. The van der Waals surface area contributed by atoms with Crippen LogP contribution in [-0.4, -0.2) is 10.3 Å². The van der Waals surface area contributed by atoms with E-state index < -0.39 is 0 Å². The quantitative estimate of drug-likeness (QED) is 0.609. The Kier molecular flexibility index (Phi) is 3.86. The van der Waals surface area contributed by atoms with Crippen LogP contribution in [0.15, 0.2) is 16.5 Å². The number of allylic oxidation sites excluding steroid dienone is 1. The number of hydrogen-bond acceptors (Lipinski definition) is 4. The van der Waals surface area contributed by atoms with Crippen molar-refractivity contribution in [2.24, 2.45) is 0 Å². The molecule has 0 atom stereocenters. The summed E-state index contributed by atoms with van der Waals surface area (Å²) in [6.45, 7) is 3.76. The largest absolute Gasteiger partial charge is 0.505 e. The van der Waals surface area contributed by atoms with Crippen molar-refractivity contribution in [3.8, 4) is 0 Å². The molecule has 15 heavy (non-hydrogen) atoms. The Morgan fingerprint density at radius 3 is 2.87 bits per heavy atom. The fourth-order valence-electron chi connectivity index (χ4n) is 1.44. The second-order valence-corrected chi connectivity index (χ2v) is 3.39. The van der Waals surface area contributed by atoms with Crippen LogP contribution in [0.4, 0.5) is 0 Å². The summed E-state index contributed by atoms with van der Waals surface area (Å²) < 4.78 is 5.01. The van der Waals surface area contributed by atoms with Crippen LogP contribution in [0, 0.1) is 19.2 Å². The van der Waals surface area contributed by atoms with Gasteiger partial charge in [-0.2, -0.15) is 0 Å². The van der Waals surface area contributed by atoms with Gasteiger partial charge in [0.1, 0.15) is 5.76 Å². The molecule has 0 unspecified atom stereocenters. The molecule has 5 nitrogen and oxygen atoms in total. The fraction of sp³-hybridized carbons (Fsp3) is 0.500. The van der Waals surface area contributed by atoms with Gasteiger partial charge in [0.15, 0.2) is 10.7 Å². The highest BCUT2D eigenvalue weighted by molar-refractivity contribution is 5.20. The van der Waals surface area contributed by atoms with E-state index in [0.29, 0.717) is 6.42 Å². The molecule has 1 N–H and O–H groups in total. The molecule has 1 rings (SSSR count). The Balaban J connectivity index is 2.46. The van der Waals surface area contributed by atoms with Crippen molar-refractivity contribution < 1.29 is 9.63 Å². The molecular formula is C10H14N3O2+. The zero-order valence-corrected chi connectivity index (χ0v) is 8.90. The highest BCUT2D eigenvalue weighted by Gasteiger charge is 2.09. The fourth-order valence-corrected chi connectivity index (χ4v) is 1.44. The maximum absolute atomic E-state index is 9.18. The standard InChI is InChI=1S/C10H13N3O2/c1-7-10(8(2)15-13-7)5-3-4-9(14)6-12-11/h6H,3-5H2,1-2H3/p+1/b9-6+. The summed E-state index contributed by atoms with van der Waals surface area (Å²) in [6, 6.07) is 0. The number of aliphatic hydroxyl groups excluding tert-OH is 1. The zero-order valence-electron chi connectivity index (χ0n) is 8.90. The van der Waals surface area contributed by atoms with Crippen LogP contribution < -0.4 is 0 Å². The number of aliphatic hydroxyl groups is 1. The van der Waals surface area contributed by atoms with Gasteiger partial charge in [-0.05, 0) is 26.7 Å². The van der Waals surface area contributed by atoms with Crippen molar-refractivity contribution >= 4 is 0 Å². The van der Waals surface area contributed by atoms with Crippen LogP contribution in [0.1, 0.15) is 29.9 Å². The Morgan fingerprint density at radius 1 is 1.60 bits per heavy atom. The lowest BCUT2D eigenvalue weighted by atomic mass is 10.1. The van der Waals surface area contributed by atoms with Crippen molar-refractivity contribution in [3.05, 3.63) is 34.0 Å². The monoisotopic (exact) mass is 208 g/mol. The molecule has 0 bridgehead atoms. The normalized spacial score (nSPS) is 11.4. The summed E-state index contributed by atoms with van der Waals surface area (Å²) in [6.07, 6.45) is 3.08. The topological polar surface area (TPSA) is 74.4 Å². The van der Waals surface area contributed by atoms with Gasteiger partial charge in [0.25, 0.3) is 0 Å². The minimum absolute atomic E-state index is 0.0734. The van der Waals surface area contributed by atoms with Gasteiger partial charge in [-0.1, -0.05) is 5.16 Å². The first-order valence-corrected chi connectivity index (χ1v) is 4.79. The van der Waals surface area contributed by atoms with Crippen LogP contribution >= 0.6 is 0 Å². The molecule has 0 aliphatic rings. The SMILES string of the molecule is Cc1noc(C)c1CCC/C(O)=C\[N+]#N. The molecule has 0 saturated heterocycles. The molecule has 0 aliphatic heterocycles. The predicted octanol–water partition coefficient (Wildman–Crippen LogP) is 2.87. The lowest BCUT2D eigenvalue weighted by molar-refractivity contribution is 0.382. The first-order chi connectivity index (χ1) is 7.15. The van der Waals surface area contributed by atoms with E-state index in [1.165, 1.54) is 0 Å². The smallest absolute Gasteiger partial charge is 0.387 e. The molecule has 1 heterocycles. The number of diazo groups is 1. The third-order valence-electron chi connectivity index (χ3n) is 2.25. The number of aromatic nitrogens is 1. The first-order valence-electron chi connectivity index (χ1n) is 4.79. The third kappa shape index (κ3) is 3.09. The maximum Gasteiger partial charge on any atom is 0.387 e. The zero-order chi connectivity index (χ0) is 11.3. The van der Waals surface area contributed by atoms with Gasteiger partial charge in [-0.25, -0.2) is 0 Å². The van der Waals surface area contributed by atoms with Gasteiger partial charge in [0.2, 0.25) is 5.39 Å². The van der Waals surface area contributed by atoms with Gasteiger partial charge in [-0.3, -0.25) is 0 Å². The van der Waals surface area contributed by atoms with Crippen molar-refractivity contribution in [1.82, 2.24) is 5.16 Å². The van der Waals surface area contributed by atoms with Crippen LogP contribution in [0.2, 0.25) is 0 Å². The lowest BCUT2D eigenvalue weighted by Crippen LogP contribution is -1.90. The molecule has 0 aromatic carbocycles. The van der Waals surface area contributed by atoms with Crippen molar-refractivity contribution in [1.29, 1.82) is 5.39 Å². The summed E-state index contributed by atoms with van der Waals surface area (Å²) >= 11 is 0. The van der Waals surface area contributed by atoms with E-state index in [4.69, 9.17) is 9.92 Å². The van der Waals surface area contributed by atoms with Gasteiger partial charge >= 0.3 is 6.20 Å². The molecule has 1 aromatic heterocycles. The molecule has 1 aromatic rings. The van der Waals surface area contributed by atoms with Gasteiger partial charge in [0, 0.05) is 12.0 Å². The highest BCUT2D eigenvalue weighted by Crippen LogP contribution is 2.16. The molecule has 0 amide bonds. The lowest BCUT2D eigenvalue weighted by Gasteiger charge is -1.97. The highest BCUT2D eigenvalue weighted by atomic mass is 16.5. The van der Waals surface area contributed by atoms with E-state index in [9.17, 15) is 5.11 Å². The van der Waals surface area contributed by atoms with Crippen LogP contribution in [0.5, 0.6) is 0 Å². The second kappa shape index (κ2) is 5.15. The number of rotatable bonds is 4. The van der Waals surface area contributed by atoms with Crippen molar-refractivity contribution in [2.45, 2.75) is 33.1 Å². The molecule has 0 fully saturated rings. The number of aryl methyl sites for hydroxylation is 2. The second-order valence-electron chi connectivity index (χ2n) is 3.39. The van der Waals surface area contributed by atoms with Crippen LogP contribution in [0.25, 0.3) is 4.98 Å². The Morgan fingerprint density at radius 2 is 2.33 bits per heavy atom. The maximum atomic E-state index is 9.18. The van der Waals surface area contributed by atoms with Crippen molar-refractivity contribution in [2.75, 3.05) is 0 Å². The van der Waals surface area contributed by atoms with E-state index in [0.717, 1.165) is 36.1 Å². The molecule has 0 aliphatic carbocycles. The molecule has 80 valence electrons. The third-order valence-corrected chi connectivity index (χ3v) is 2.25. The predicted molar refractivity (Wildman–Crippen MR) is 54.7 cm³/mol. The Hall–Kier alpha value is -1.83. The Labute approximate surface area is 88.0 Å². The summed E-state index contributed by atoms with van der Waals surface area (Å²) in [5, 5.41) is 21.2. The van der Waals surface area contributed by atoms with E-state index in [1.807, 2.05) is 13.8 Å². The molecular weight excluding hydrogens is 194 g/mol. The summed E-state index contributed by atoms with van der Waals surface area (Å²) in [4.78, 5) is 2.74. The van der Waals surface area contributed by atoms with Crippen LogP contribution in [-0.2, 0) is 6.42 Å². The Bertz CT molecular complexity index is 382. The molecule has 0 radical (unpaired) electrons. The van der Waals surface area contributed by atoms with Gasteiger partial charge in [0.05, 0.1) is 5.69 Å². The average Bonchev–Trinajstić information content (AvgIpc) is 2.49. The van der Waals surface area contributed by atoms with E-state index >= 15 is 0 Å². The molecule has 0 saturated carbocycles. The van der Waals surface area contributed by atoms with E-state index in [-0.39, 0.29) is 5.76 Å². The average molecular weight is 208 g/mol. The summed E-state index contributed by atoms with van der Waals surface area (Å²) in [7, 11) is 0.